The van der Waals surface area contributed by atoms with Crippen molar-refractivity contribution in [1.29, 1.82) is 0 Å². The molecule has 0 aromatic heterocycles. The maximum atomic E-state index is 12.1. The minimum Gasteiger partial charge on any atom is -0.456 e. The van der Waals surface area contributed by atoms with E-state index in [1.165, 1.54) is 0 Å². The first-order valence-corrected chi connectivity index (χ1v) is 14.8. The van der Waals surface area contributed by atoms with Crippen molar-refractivity contribution in [3.63, 3.8) is 0 Å². The third-order valence-electron chi connectivity index (χ3n) is 7.31. The van der Waals surface area contributed by atoms with Crippen LogP contribution in [0.3, 0.4) is 0 Å². The molecule has 2 saturated heterocycles. The molecule has 2 aliphatic rings. The maximum absolute atomic E-state index is 12.1. The predicted molar refractivity (Wildman–Crippen MR) is 155 cm³/mol. The lowest BCUT2D eigenvalue weighted by atomic mass is 9.97. The molecule has 0 aliphatic carbocycles. The Bertz CT molecular complexity index is 1260. The van der Waals surface area contributed by atoms with Gasteiger partial charge in [-0.25, -0.2) is 0 Å². The molecular weight excluding hydrogens is 608 g/mol. The van der Waals surface area contributed by atoms with Crippen molar-refractivity contribution >= 4 is 17.9 Å². The summed E-state index contributed by atoms with van der Waals surface area (Å²) < 4.78 is 45.9. The molecule has 0 spiro atoms. The van der Waals surface area contributed by atoms with Gasteiger partial charge in [0.15, 0.2) is 30.9 Å². The van der Waals surface area contributed by atoms with Crippen LogP contribution in [0.5, 0.6) is 0 Å². The molecule has 0 amide bonds. The van der Waals surface area contributed by atoms with E-state index in [1.807, 2.05) is 60.7 Å². The van der Waals surface area contributed by atoms with Crippen LogP contribution in [0.4, 0.5) is 0 Å². The third kappa shape index (κ3) is 9.53. The first kappa shape index (κ1) is 35.4. The molecule has 0 saturated carbocycles. The third-order valence-corrected chi connectivity index (χ3v) is 7.31. The molecule has 14 heteroatoms. The fourth-order valence-corrected chi connectivity index (χ4v) is 5.27. The highest BCUT2D eigenvalue weighted by Crippen LogP contribution is 2.32. The average Bonchev–Trinajstić information content (AvgIpc) is 3.02. The molecule has 2 heterocycles. The molecule has 252 valence electrons. The summed E-state index contributed by atoms with van der Waals surface area (Å²) in [5, 5.41) is 31.9. The van der Waals surface area contributed by atoms with Crippen LogP contribution in [0.1, 0.15) is 31.9 Å². The number of esters is 3. The summed E-state index contributed by atoms with van der Waals surface area (Å²) >= 11 is 0. The smallest absolute Gasteiger partial charge is 0.303 e. The minimum absolute atomic E-state index is 0.0870. The van der Waals surface area contributed by atoms with E-state index in [0.717, 1.165) is 31.9 Å². The van der Waals surface area contributed by atoms with Crippen molar-refractivity contribution in [2.75, 3.05) is 13.2 Å². The highest BCUT2D eigenvalue weighted by Gasteiger charge is 2.53. The largest absolute Gasteiger partial charge is 0.456 e. The quantitative estimate of drug-likeness (QED) is 0.204. The zero-order valence-electron chi connectivity index (χ0n) is 25.7. The van der Waals surface area contributed by atoms with Crippen LogP contribution >= 0.6 is 0 Å². The number of aliphatic hydroxyl groups excluding tert-OH is 3. The molecule has 0 bridgehead atoms. The van der Waals surface area contributed by atoms with Gasteiger partial charge in [0.25, 0.3) is 0 Å². The Hall–Kier alpha value is -3.47. The van der Waals surface area contributed by atoms with Crippen molar-refractivity contribution in [2.24, 2.45) is 0 Å². The number of carbonyl (C=O) groups excluding carboxylic acids is 3. The van der Waals surface area contributed by atoms with Crippen LogP contribution < -0.4 is 0 Å². The number of hydrogen-bond acceptors (Lipinski definition) is 14. The highest BCUT2D eigenvalue weighted by molar-refractivity contribution is 5.68. The Morgan fingerprint density at radius 3 is 1.65 bits per heavy atom. The number of benzene rings is 2. The molecule has 14 nitrogen and oxygen atoms in total. The molecule has 2 aromatic carbocycles. The van der Waals surface area contributed by atoms with Crippen molar-refractivity contribution in [3.8, 4) is 0 Å². The van der Waals surface area contributed by atoms with Gasteiger partial charge in [0.2, 0.25) is 0 Å². The standard InChI is InChI=1S/C32H40O14/c1-18(34)42-26-24(45-31(38)29(44-20(3)36)28(26)43-19(2)35)17-41-32-30(40-16-22-12-8-5-9-13-22)27(25(37)23(14-33)46-32)39-15-21-10-6-4-7-11-21/h4-13,23-33,37-38H,14-17H2,1-3H3/t23-,24-,25-,26-,27+,28+,29-,30+,31+,32-/m1/s1. The Labute approximate surface area is 266 Å². The second kappa shape index (κ2) is 16.9. The molecule has 2 aromatic rings. The normalized spacial score (nSPS) is 31.1. The lowest BCUT2D eigenvalue weighted by Crippen LogP contribution is -2.64. The fraction of sp³-hybridized carbons (Fsp3) is 0.531. The number of hydrogen-bond donors (Lipinski definition) is 3. The van der Waals surface area contributed by atoms with E-state index < -0.39 is 92.5 Å². The van der Waals surface area contributed by atoms with E-state index in [2.05, 4.69) is 0 Å². The number of ether oxygens (including phenoxy) is 8. The molecule has 3 N–H and O–H groups in total. The summed E-state index contributed by atoms with van der Waals surface area (Å²) in [7, 11) is 0. The maximum Gasteiger partial charge on any atom is 0.303 e. The van der Waals surface area contributed by atoms with E-state index in [4.69, 9.17) is 37.9 Å². The van der Waals surface area contributed by atoms with Gasteiger partial charge >= 0.3 is 17.9 Å². The van der Waals surface area contributed by atoms with Crippen molar-refractivity contribution in [2.45, 2.75) is 95.4 Å². The van der Waals surface area contributed by atoms with Gasteiger partial charge in [-0.2, -0.15) is 0 Å². The minimum atomic E-state index is -1.79. The van der Waals surface area contributed by atoms with Gasteiger partial charge in [-0.1, -0.05) is 60.7 Å². The molecule has 10 atom stereocenters. The Balaban J connectivity index is 1.59. The highest BCUT2D eigenvalue weighted by atomic mass is 16.7. The molecule has 46 heavy (non-hydrogen) atoms. The van der Waals surface area contributed by atoms with Gasteiger partial charge in [-0.15, -0.1) is 0 Å². The van der Waals surface area contributed by atoms with E-state index >= 15 is 0 Å². The van der Waals surface area contributed by atoms with Crippen LogP contribution in [0.25, 0.3) is 0 Å². The van der Waals surface area contributed by atoms with Crippen LogP contribution in [-0.2, 0) is 65.5 Å². The molecule has 0 radical (unpaired) electrons. The van der Waals surface area contributed by atoms with Crippen molar-refractivity contribution < 1.29 is 67.6 Å². The number of aliphatic hydroxyl groups is 3. The topological polar surface area (TPSA) is 186 Å². The fourth-order valence-electron chi connectivity index (χ4n) is 5.27. The number of carbonyl (C=O) groups is 3. The lowest BCUT2D eigenvalue weighted by molar-refractivity contribution is -0.337. The van der Waals surface area contributed by atoms with Crippen LogP contribution in [0.15, 0.2) is 60.7 Å². The van der Waals surface area contributed by atoms with Gasteiger partial charge < -0.3 is 53.2 Å². The van der Waals surface area contributed by atoms with Gasteiger partial charge in [0, 0.05) is 20.8 Å². The van der Waals surface area contributed by atoms with Crippen LogP contribution in [-0.4, -0.2) is 108 Å². The van der Waals surface area contributed by atoms with E-state index in [1.54, 1.807) is 0 Å². The summed E-state index contributed by atoms with van der Waals surface area (Å²) in [5.41, 5.74) is 1.64. The average molecular weight is 649 g/mol. The monoisotopic (exact) mass is 648 g/mol. The molecule has 2 fully saturated rings. The van der Waals surface area contributed by atoms with Crippen molar-refractivity contribution in [3.05, 3.63) is 71.8 Å². The SMILES string of the molecule is CC(=O)O[C@@H]1[C@@H](OC(C)=O)[C@@H](O)O[C@H](CO[C@@H]2O[C@H](CO)[C@@H](O)[C@H](OCc3ccccc3)[C@@H]2OCc2ccccc2)[C@H]1OC(C)=O. The van der Waals surface area contributed by atoms with Crippen molar-refractivity contribution in [1.82, 2.24) is 0 Å². The first-order chi connectivity index (χ1) is 22.1. The molecule has 0 unspecified atom stereocenters. The Morgan fingerprint density at radius 2 is 1.13 bits per heavy atom. The second-order valence-corrected chi connectivity index (χ2v) is 10.9. The Morgan fingerprint density at radius 1 is 0.630 bits per heavy atom. The zero-order chi connectivity index (χ0) is 33.2. The predicted octanol–water partition coefficient (Wildman–Crippen LogP) is 0.764. The lowest BCUT2D eigenvalue weighted by Gasteiger charge is -2.45. The Kier molecular flexibility index (Phi) is 13.0. The van der Waals surface area contributed by atoms with Crippen LogP contribution in [0, 0.1) is 0 Å². The van der Waals surface area contributed by atoms with Crippen LogP contribution in [0.2, 0.25) is 0 Å². The molecular formula is C32H40O14. The molecule has 2 aliphatic heterocycles. The summed E-state index contributed by atoms with van der Waals surface area (Å²) in [4.78, 5) is 35.8. The summed E-state index contributed by atoms with van der Waals surface area (Å²) in [5.74, 6) is -2.37. The summed E-state index contributed by atoms with van der Waals surface area (Å²) in [6.45, 7) is 2.49. The van der Waals surface area contributed by atoms with Gasteiger partial charge in [0.05, 0.1) is 26.4 Å². The van der Waals surface area contributed by atoms with E-state index in [9.17, 15) is 29.7 Å². The second-order valence-electron chi connectivity index (χ2n) is 10.9. The van der Waals surface area contributed by atoms with Gasteiger partial charge in [0.1, 0.15) is 30.5 Å². The summed E-state index contributed by atoms with van der Waals surface area (Å²) in [6.07, 6.45) is -13.2. The zero-order valence-corrected chi connectivity index (χ0v) is 25.7. The first-order valence-electron chi connectivity index (χ1n) is 14.8. The summed E-state index contributed by atoms with van der Waals surface area (Å²) in [6, 6.07) is 18.5. The van der Waals surface area contributed by atoms with E-state index in [-0.39, 0.29) is 13.2 Å². The van der Waals surface area contributed by atoms with Gasteiger partial charge in [-0.3, -0.25) is 14.4 Å². The van der Waals surface area contributed by atoms with Gasteiger partial charge in [-0.05, 0) is 11.1 Å². The number of rotatable bonds is 13. The van der Waals surface area contributed by atoms with E-state index in [0.29, 0.717) is 0 Å². The molecule has 4 rings (SSSR count).